The molecule has 0 aliphatic heterocycles. The van der Waals surface area contributed by atoms with Gasteiger partial charge in [0.25, 0.3) is 0 Å². The van der Waals surface area contributed by atoms with E-state index in [1.807, 2.05) is 4.57 Å². The number of rotatable bonds is 5. The third-order valence-electron chi connectivity index (χ3n) is 3.05. The minimum atomic E-state index is -0.382. The van der Waals surface area contributed by atoms with Crippen LogP contribution < -0.4 is 5.73 Å². The van der Waals surface area contributed by atoms with Gasteiger partial charge in [-0.3, -0.25) is 0 Å². The first-order chi connectivity index (χ1) is 9.58. The second-order valence-corrected chi connectivity index (χ2v) is 4.97. The van der Waals surface area contributed by atoms with Crippen LogP contribution in [0.3, 0.4) is 0 Å². The molecule has 0 aliphatic rings. The van der Waals surface area contributed by atoms with Crippen molar-refractivity contribution in [3.8, 4) is 11.3 Å². The number of imidazole rings is 1. The standard InChI is InChI=1S/C15H17ClFN3/c1-3-5-13-19-14(15(18)20(13)8-4-2)11-9-10(16)6-7-12(11)17/h4,6-7,9H,2-3,5,8,18H2,1H3. The fraction of sp³-hybridized carbons (Fsp3) is 0.267. The Bertz CT molecular complexity index is 634. The number of nitrogens with zero attached hydrogens (tertiary/aromatic N) is 2. The molecule has 20 heavy (non-hydrogen) atoms. The highest BCUT2D eigenvalue weighted by molar-refractivity contribution is 6.30. The average Bonchev–Trinajstić information content (AvgIpc) is 2.71. The number of allylic oxidation sites excluding steroid dienone is 1. The first-order valence-corrected chi connectivity index (χ1v) is 6.87. The maximum Gasteiger partial charge on any atom is 0.132 e. The van der Waals surface area contributed by atoms with Crippen LogP contribution in [-0.2, 0) is 13.0 Å². The van der Waals surface area contributed by atoms with Gasteiger partial charge < -0.3 is 10.3 Å². The van der Waals surface area contributed by atoms with Crippen LogP contribution in [0.15, 0.2) is 30.9 Å². The summed E-state index contributed by atoms with van der Waals surface area (Å²) in [4.78, 5) is 4.48. The second kappa shape index (κ2) is 6.09. The van der Waals surface area contributed by atoms with Crippen LogP contribution in [0.1, 0.15) is 19.2 Å². The normalized spacial score (nSPS) is 10.8. The molecule has 1 aromatic carbocycles. The number of hydrogen-bond donors (Lipinski definition) is 1. The molecule has 0 saturated heterocycles. The predicted octanol–water partition coefficient (Wildman–Crippen LogP) is 4.06. The van der Waals surface area contributed by atoms with E-state index in [0.717, 1.165) is 18.7 Å². The summed E-state index contributed by atoms with van der Waals surface area (Å²) in [5.74, 6) is 0.890. The molecule has 0 bridgehead atoms. The van der Waals surface area contributed by atoms with E-state index in [1.165, 1.54) is 12.1 Å². The van der Waals surface area contributed by atoms with E-state index in [2.05, 4.69) is 18.5 Å². The molecule has 2 rings (SSSR count). The highest BCUT2D eigenvalue weighted by Gasteiger charge is 2.18. The Morgan fingerprint density at radius 2 is 2.25 bits per heavy atom. The van der Waals surface area contributed by atoms with Crippen LogP contribution in [0.5, 0.6) is 0 Å². The minimum absolute atomic E-state index is 0.329. The highest BCUT2D eigenvalue weighted by atomic mass is 35.5. The molecule has 0 aliphatic carbocycles. The SMILES string of the molecule is C=CCn1c(CCC)nc(-c2cc(Cl)ccc2F)c1N. The molecule has 2 aromatic rings. The van der Waals surface area contributed by atoms with E-state index < -0.39 is 0 Å². The lowest BCUT2D eigenvalue weighted by atomic mass is 10.1. The van der Waals surface area contributed by atoms with Gasteiger partial charge in [-0.05, 0) is 24.6 Å². The molecule has 0 atom stereocenters. The first kappa shape index (κ1) is 14.6. The molecule has 3 nitrogen and oxygen atoms in total. The summed E-state index contributed by atoms with van der Waals surface area (Å²) >= 11 is 5.93. The van der Waals surface area contributed by atoms with Crippen LogP contribution in [0.25, 0.3) is 11.3 Å². The van der Waals surface area contributed by atoms with Crippen molar-refractivity contribution in [1.29, 1.82) is 0 Å². The zero-order valence-corrected chi connectivity index (χ0v) is 12.1. The fourth-order valence-corrected chi connectivity index (χ4v) is 2.31. The molecule has 1 aromatic heterocycles. The Kier molecular flexibility index (Phi) is 4.45. The fourth-order valence-electron chi connectivity index (χ4n) is 2.14. The Hall–Kier alpha value is -1.81. The van der Waals surface area contributed by atoms with Crippen LogP contribution in [0, 0.1) is 5.82 Å². The number of nitrogens with two attached hydrogens (primary N) is 1. The molecule has 0 saturated carbocycles. The molecule has 2 N–H and O–H groups in total. The Labute approximate surface area is 122 Å². The lowest BCUT2D eigenvalue weighted by Gasteiger charge is -2.06. The molecule has 1 heterocycles. The maximum atomic E-state index is 14.0. The second-order valence-electron chi connectivity index (χ2n) is 4.54. The van der Waals surface area contributed by atoms with Crippen LogP contribution in [0.2, 0.25) is 5.02 Å². The summed E-state index contributed by atoms with van der Waals surface area (Å²) in [6.45, 7) is 6.32. The molecule has 0 unspecified atom stereocenters. The Balaban J connectivity index is 2.59. The van der Waals surface area contributed by atoms with Gasteiger partial charge in [0.05, 0.1) is 0 Å². The third kappa shape index (κ3) is 2.70. The number of aryl methyl sites for hydroxylation is 1. The van der Waals surface area contributed by atoms with Crippen molar-refractivity contribution in [3.63, 3.8) is 0 Å². The van der Waals surface area contributed by atoms with E-state index in [4.69, 9.17) is 17.3 Å². The summed E-state index contributed by atoms with van der Waals surface area (Å²) < 4.78 is 15.8. The quantitative estimate of drug-likeness (QED) is 0.845. The van der Waals surface area contributed by atoms with Crippen LogP contribution in [0.4, 0.5) is 10.2 Å². The van der Waals surface area contributed by atoms with Crippen molar-refractivity contribution in [2.45, 2.75) is 26.3 Å². The predicted molar refractivity (Wildman–Crippen MR) is 81.2 cm³/mol. The van der Waals surface area contributed by atoms with Gasteiger partial charge in [-0.1, -0.05) is 24.6 Å². The lowest BCUT2D eigenvalue weighted by molar-refractivity contribution is 0.631. The Morgan fingerprint density at radius 3 is 2.90 bits per heavy atom. The van der Waals surface area contributed by atoms with Crippen molar-refractivity contribution in [3.05, 3.63) is 47.5 Å². The summed E-state index contributed by atoms with van der Waals surface area (Å²) in [6, 6.07) is 4.37. The monoisotopic (exact) mass is 293 g/mol. The molecular weight excluding hydrogens is 277 g/mol. The summed E-state index contributed by atoms with van der Waals surface area (Å²) in [6.07, 6.45) is 3.46. The zero-order valence-electron chi connectivity index (χ0n) is 11.4. The number of benzene rings is 1. The van der Waals surface area contributed by atoms with E-state index in [9.17, 15) is 4.39 Å². The van der Waals surface area contributed by atoms with E-state index in [-0.39, 0.29) is 5.82 Å². The molecule has 106 valence electrons. The largest absolute Gasteiger partial charge is 0.383 e. The molecule has 0 spiro atoms. The number of hydrogen-bond acceptors (Lipinski definition) is 2. The van der Waals surface area contributed by atoms with E-state index >= 15 is 0 Å². The zero-order chi connectivity index (χ0) is 14.7. The van der Waals surface area contributed by atoms with Crippen molar-refractivity contribution in [2.24, 2.45) is 0 Å². The maximum absolute atomic E-state index is 14.0. The van der Waals surface area contributed by atoms with Gasteiger partial charge in [0.15, 0.2) is 0 Å². The van der Waals surface area contributed by atoms with Crippen molar-refractivity contribution in [1.82, 2.24) is 9.55 Å². The number of halogens is 2. The van der Waals surface area contributed by atoms with Gasteiger partial charge in [-0.2, -0.15) is 0 Å². The van der Waals surface area contributed by atoms with Gasteiger partial charge in [0.2, 0.25) is 0 Å². The van der Waals surface area contributed by atoms with Gasteiger partial charge in [0, 0.05) is 23.6 Å². The topological polar surface area (TPSA) is 43.8 Å². The smallest absolute Gasteiger partial charge is 0.132 e. The van der Waals surface area contributed by atoms with E-state index in [1.54, 1.807) is 12.1 Å². The lowest BCUT2D eigenvalue weighted by Crippen LogP contribution is -2.05. The molecule has 5 heteroatoms. The average molecular weight is 294 g/mol. The molecule has 0 amide bonds. The van der Waals surface area contributed by atoms with Gasteiger partial charge in [0.1, 0.15) is 23.2 Å². The van der Waals surface area contributed by atoms with Crippen molar-refractivity contribution < 1.29 is 4.39 Å². The number of anilines is 1. The summed E-state index contributed by atoms with van der Waals surface area (Å²) in [5.41, 5.74) is 6.88. The highest BCUT2D eigenvalue weighted by Crippen LogP contribution is 2.31. The van der Waals surface area contributed by atoms with Crippen LogP contribution >= 0.6 is 11.6 Å². The summed E-state index contributed by atoms with van der Waals surface area (Å²) in [5, 5.41) is 0.455. The van der Waals surface area contributed by atoms with Crippen LogP contribution in [-0.4, -0.2) is 9.55 Å². The Morgan fingerprint density at radius 1 is 1.50 bits per heavy atom. The minimum Gasteiger partial charge on any atom is -0.383 e. The third-order valence-corrected chi connectivity index (χ3v) is 3.29. The van der Waals surface area contributed by atoms with Gasteiger partial charge >= 0.3 is 0 Å². The summed E-state index contributed by atoms with van der Waals surface area (Å²) in [7, 11) is 0. The van der Waals surface area contributed by atoms with Crippen molar-refractivity contribution >= 4 is 17.4 Å². The molecule has 0 radical (unpaired) electrons. The molecule has 0 fully saturated rings. The van der Waals surface area contributed by atoms with E-state index in [0.29, 0.717) is 28.6 Å². The van der Waals surface area contributed by atoms with Crippen molar-refractivity contribution in [2.75, 3.05) is 5.73 Å². The molecular formula is C15H17ClFN3. The van der Waals surface area contributed by atoms with Gasteiger partial charge in [-0.25, -0.2) is 9.37 Å². The number of aromatic nitrogens is 2. The number of nitrogen functional groups attached to an aromatic ring is 1. The van der Waals surface area contributed by atoms with Gasteiger partial charge in [-0.15, -0.1) is 6.58 Å². The first-order valence-electron chi connectivity index (χ1n) is 6.49.